The number of benzene rings is 1. The van der Waals surface area contributed by atoms with Gasteiger partial charge in [0.15, 0.2) is 0 Å². The van der Waals surface area contributed by atoms with Gasteiger partial charge in [-0.15, -0.1) is 0 Å². The number of hydrogen-bond acceptors (Lipinski definition) is 2. The van der Waals surface area contributed by atoms with E-state index in [1.54, 1.807) is 0 Å². The van der Waals surface area contributed by atoms with E-state index in [4.69, 9.17) is 0 Å². The Bertz CT molecular complexity index is 343. The molecular formula is C14H20BrNO2. The number of carbonyl (C=O) groups excluding carboxylic acids is 1. The van der Waals surface area contributed by atoms with Gasteiger partial charge in [0.25, 0.3) is 0 Å². The second kappa shape index (κ2) is 9.11. The monoisotopic (exact) mass is 313 g/mol. The lowest BCUT2D eigenvalue weighted by molar-refractivity contribution is -0.122. The van der Waals surface area contributed by atoms with Gasteiger partial charge in [0.2, 0.25) is 5.91 Å². The van der Waals surface area contributed by atoms with Gasteiger partial charge in [0.1, 0.15) is 0 Å². The average molecular weight is 314 g/mol. The quantitative estimate of drug-likeness (QED) is 0.571. The van der Waals surface area contributed by atoms with Gasteiger partial charge >= 0.3 is 0 Å². The van der Waals surface area contributed by atoms with Crippen molar-refractivity contribution in [3.05, 3.63) is 35.9 Å². The Balaban J connectivity index is 2.35. The lowest BCUT2D eigenvalue weighted by Crippen LogP contribution is -2.38. The second-order valence-corrected chi connectivity index (χ2v) is 5.08. The summed E-state index contributed by atoms with van der Waals surface area (Å²) in [6, 6.07) is 9.68. The van der Waals surface area contributed by atoms with E-state index in [0.717, 1.165) is 23.7 Å². The van der Waals surface area contributed by atoms with Crippen LogP contribution in [0, 0.1) is 0 Å². The Morgan fingerprint density at radius 2 is 2.00 bits per heavy atom. The molecule has 0 aliphatic carbocycles. The highest BCUT2D eigenvalue weighted by Gasteiger charge is 2.11. The second-order valence-electron chi connectivity index (χ2n) is 4.28. The molecule has 0 bridgehead atoms. The van der Waals surface area contributed by atoms with E-state index in [2.05, 4.69) is 21.2 Å². The number of halogens is 1. The molecule has 0 heterocycles. The smallest absolute Gasteiger partial charge is 0.220 e. The van der Waals surface area contributed by atoms with Crippen molar-refractivity contribution in [2.24, 2.45) is 0 Å². The summed E-state index contributed by atoms with van der Waals surface area (Å²) in [6.45, 7) is -0.0287. The summed E-state index contributed by atoms with van der Waals surface area (Å²) in [7, 11) is 0. The normalized spacial score (nSPS) is 12.1. The first-order valence-electron chi connectivity index (χ1n) is 6.26. The Morgan fingerprint density at radius 3 is 2.61 bits per heavy atom. The van der Waals surface area contributed by atoms with Crippen LogP contribution in [0.15, 0.2) is 30.3 Å². The highest BCUT2D eigenvalue weighted by Crippen LogP contribution is 2.04. The van der Waals surface area contributed by atoms with Crippen LogP contribution >= 0.6 is 15.9 Å². The third kappa shape index (κ3) is 6.17. The molecule has 1 rings (SSSR count). The number of aliphatic hydroxyl groups excluding tert-OH is 1. The van der Waals surface area contributed by atoms with E-state index in [0.29, 0.717) is 12.8 Å². The van der Waals surface area contributed by atoms with Crippen LogP contribution in [-0.2, 0) is 11.2 Å². The molecule has 0 aliphatic heterocycles. The van der Waals surface area contributed by atoms with Gasteiger partial charge in [-0.1, -0.05) is 46.3 Å². The van der Waals surface area contributed by atoms with E-state index in [1.165, 1.54) is 0 Å². The molecule has 1 aromatic rings. The molecule has 0 fully saturated rings. The molecule has 0 radical (unpaired) electrons. The molecular weight excluding hydrogens is 294 g/mol. The summed E-state index contributed by atoms with van der Waals surface area (Å²) >= 11 is 3.34. The number of carbonyl (C=O) groups is 1. The number of hydrogen-bond donors (Lipinski definition) is 2. The van der Waals surface area contributed by atoms with Crippen molar-refractivity contribution in [2.75, 3.05) is 11.9 Å². The minimum absolute atomic E-state index is 0.0194. The largest absolute Gasteiger partial charge is 0.394 e. The number of nitrogens with one attached hydrogen (secondary N) is 1. The lowest BCUT2D eigenvalue weighted by atomic mass is 10.1. The summed E-state index contributed by atoms with van der Waals surface area (Å²) in [6.07, 6.45) is 3.06. The minimum Gasteiger partial charge on any atom is -0.394 e. The Kier molecular flexibility index (Phi) is 7.69. The van der Waals surface area contributed by atoms with Gasteiger partial charge in [0, 0.05) is 11.8 Å². The third-order valence-electron chi connectivity index (χ3n) is 2.70. The zero-order valence-corrected chi connectivity index (χ0v) is 12.0. The van der Waals surface area contributed by atoms with Crippen molar-refractivity contribution >= 4 is 21.8 Å². The molecule has 2 N–H and O–H groups in total. The summed E-state index contributed by atoms with van der Waals surface area (Å²) in [5.74, 6) is 0.0194. The van der Waals surface area contributed by atoms with Crippen LogP contribution in [0.25, 0.3) is 0 Å². The molecule has 0 saturated heterocycles. The highest BCUT2D eigenvalue weighted by atomic mass is 79.9. The minimum atomic E-state index is -0.191. The van der Waals surface area contributed by atoms with Crippen molar-refractivity contribution in [3.63, 3.8) is 0 Å². The molecule has 0 aliphatic rings. The van der Waals surface area contributed by atoms with Crippen LogP contribution in [0.3, 0.4) is 0 Å². The zero-order valence-electron chi connectivity index (χ0n) is 10.4. The van der Waals surface area contributed by atoms with E-state index in [-0.39, 0.29) is 18.6 Å². The summed E-state index contributed by atoms with van der Waals surface area (Å²) in [5, 5.41) is 13.1. The highest BCUT2D eigenvalue weighted by molar-refractivity contribution is 9.09. The molecule has 3 nitrogen and oxygen atoms in total. The summed E-state index contributed by atoms with van der Waals surface area (Å²) in [5.41, 5.74) is 1.12. The van der Waals surface area contributed by atoms with Crippen molar-refractivity contribution in [1.29, 1.82) is 0 Å². The number of unbranched alkanes of at least 4 members (excludes halogenated alkanes) is 1. The topological polar surface area (TPSA) is 49.3 Å². The Labute approximate surface area is 117 Å². The Hall–Kier alpha value is -0.870. The number of alkyl halides is 1. The van der Waals surface area contributed by atoms with Crippen molar-refractivity contribution in [2.45, 2.75) is 31.7 Å². The SMILES string of the molecule is O=C(CCCCBr)N[C@H](CO)Cc1ccccc1. The molecule has 0 spiro atoms. The van der Waals surface area contributed by atoms with Crippen LogP contribution in [0.1, 0.15) is 24.8 Å². The maximum atomic E-state index is 11.6. The van der Waals surface area contributed by atoms with Gasteiger partial charge in [0.05, 0.1) is 12.6 Å². The molecule has 100 valence electrons. The summed E-state index contributed by atoms with van der Waals surface area (Å²) < 4.78 is 0. The average Bonchev–Trinajstić information content (AvgIpc) is 2.39. The van der Waals surface area contributed by atoms with Crippen molar-refractivity contribution in [3.8, 4) is 0 Å². The van der Waals surface area contributed by atoms with Crippen LogP contribution in [-0.4, -0.2) is 29.0 Å². The van der Waals surface area contributed by atoms with Crippen molar-refractivity contribution in [1.82, 2.24) is 5.32 Å². The fourth-order valence-corrected chi connectivity index (χ4v) is 2.14. The number of amides is 1. The predicted molar refractivity (Wildman–Crippen MR) is 76.8 cm³/mol. The van der Waals surface area contributed by atoms with E-state index in [9.17, 15) is 9.90 Å². The van der Waals surface area contributed by atoms with E-state index >= 15 is 0 Å². The molecule has 0 saturated carbocycles. The van der Waals surface area contributed by atoms with Gasteiger partial charge in [-0.2, -0.15) is 0 Å². The van der Waals surface area contributed by atoms with Gasteiger partial charge < -0.3 is 10.4 Å². The predicted octanol–water partition coefficient (Wildman–Crippen LogP) is 2.27. The molecule has 0 aromatic heterocycles. The molecule has 18 heavy (non-hydrogen) atoms. The van der Waals surface area contributed by atoms with E-state index < -0.39 is 0 Å². The van der Waals surface area contributed by atoms with Crippen LogP contribution in [0.5, 0.6) is 0 Å². The Morgan fingerprint density at radius 1 is 1.28 bits per heavy atom. The number of aliphatic hydroxyl groups is 1. The zero-order chi connectivity index (χ0) is 13.2. The summed E-state index contributed by atoms with van der Waals surface area (Å²) in [4.78, 5) is 11.6. The van der Waals surface area contributed by atoms with Gasteiger partial charge in [-0.25, -0.2) is 0 Å². The molecule has 1 aromatic carbocycles. The molecule has 1 atom stereocenters. The first-order valence-corrected chi connectivity index (χ1v) is 7.38. The van der Waals surface area contributed by atoms with Crippen LogP contribution in [0.2, 0.25) is 0 Å². The molecule has 4 heteroatoms. The third-order valence-corrected chi connectivity index (χ3v) is 3.26. The molecule has 1 amide bonds. The lowest BCUT2D eigenvalue weighted by Gasteiger charge is -2.16. The van der Waals surface area contributed by atoms with Crippen molar-refractivity contribution < 1.29 is 9.90 Å². The standard InChI is InChI=1S/C14H20BrNO2/c15-9-5-4-8-14(18)16-13(11-17)10-12-6-2-1-3-7-12/h1-3,6-7,13,17H,4-5,8-11H2,(H,16,18)/t13-/m0/s1. The van der Waals surface area contributed by atoms with E-state index in [1.807, 2.05) is 30.3 Å². The first kappa shape index (κ1) is 15.2. The fourth-order valence-electron chi connectivity index (χ4n) is 1.74. The molecule has 0 unspecified atom stereocenters. The van der Waals surface area contributed by atoms with Crippen LogP contribution in [0.4, 0.5) is 0 Å². The maximum Gasteiger partial charge on any atom is 0.220 e. The van der Waals surface area contributed by atoms with Gasteiger partial charge in [-0.3, -0.25) is 4.79 Å². The maximum absolute atomic E-state index is 11.6. The van der Waals surface area contributed by atoms with Crippen LogP contribution < -0.4 is 5.32 Å². The van der Waals surface area contributed by atoms with Gasteiger partial charge in [-0.05, 0) is 24.8 Å². The fraction of sp³-hybridized carbons (Fsp3) is 0.500. The number of rotatable bonds is 8. The first-order chi connectivity index (χ1) is 8.76.